The number of aromatic nitrogens is 3. The number of amides is 1. The van der Waals surface area contributed by atoms with Gasteiger partial charge < -0.3 is 15.4 Å². The topological polar surface area (TPSA) is 140 Å². The van der Waals surface area contributed by atoms with Crippen LogP contribution in [-0.2, 0) is 27.3 Å². The second-order valence-corrected chi connectivity index (χ2v) is 7.80. The van der Waals surface area contributed by atoms with Crippen LogP contribution in [0.1, 0.15) is 43.8 Å². The van der Waals surface area contributed by atoms with E-state index in [1.54, 1.807) is 5.38 Å². The Bertz CT molecular complexity index is 1010. The fraction of sp³-hybridized carbons (Fsp3) is 0.526. The van der Waals surface area contributed by atoms with Crippen LogP contribution >= 0.6 is 11.3 Å². The molecule has 2 heterocycles. The van der Waals surface area contributed by atoms with E-state index in [4.69, 9.17) is 10.5 Å². The van der Waals surface area contributed by atoms with Crippen molar-refractivity contribution in [3.05, 3.63) is 36.9 Å². The molecule has 2 aromatic heterocycles. The Labute approximate surface area is 177 Å². The highest BCUT2D eigenvalue weighted by atomic mass is 32.1. The van der Waals surface area contributed by atoms with Crippen LogP contribution in [0.25, 0.3) is 0 Å². The highest BCUT2D eigenvalue weighted by Crippen LogP contribution is 2.18. The van der Waals surface area contributed by atoms with Gasteiger partial charge >= 0.3 is 11.7 Å². The van der Waals surface area contributed by atoms with Crippen LogP contribution in [0, 0.1) is 6.92 Å². The number of nitrogen functional groups attached to an aromatic ring is 1. The summed E-state index contributed by atoms with van der Waals surface area (Å²) in [7, 11) is 0. The first-order valence-electron chi connectivity index (χ1n) is 9.78. The molecule has 1 amide bonds. The summed E-state index contributed by atoms with van der Waals surface area (Å²) < 4.78 is 6.32. The molecule has 10 nitrogen and oxygen atoms in total. The molecule has 0 radical (unpaired) electrons. The van der Waals surface area contributed by atoms with Crippen molar-refractivity contribution in [2.45, 2.75) is 53.0 Å². The van der Waals surface area contributed by atoms with Gasteiger partial charge in [-0.2, -0.15) is 0 Å². The zero-order chi connectivity index (χ0) is 22.3. The van der Waals surface area contributed by atoms with Gasteiger partial charge in [0, 0.05) is 18.5 Å². The molecule has 0 aliphatic heterocycles. The lowest BCUT2D eigenvalue weighted by Gasteiger charge is -2.24. The lowest BCUT2D eigenvalue weighted by atomic mass is 10.2. The van der Waals surface area contributed by atoms with E-state index >= 15 is 0 Å². The minimum absolute atomic E-state index is 0.0450. The summed E-state index contributed by atoms with van der Waals surface area (Å²) in [5, 5.41) is 2.58. The SMILES string of the molecule is CCCCN(C(=O)COC(=O)Cc1csc(C)n1)c1c(N)n(CCC)c(=O)[nH]c1=O. The van der Waals surface area contributed by atoms with Gasteiger partial charge in [-0.15, -0.1) is 11.3 Å². The monoisotopic (exact) mass is 437 g/mol. The number of unbranched alkanes of at least 4 members (excludes halogenated alkanes) is 1. The number of anilines is 2. The highest BCUT2D eigenvalue weighted by molar-refractivity contribution is 7.09. The Hall–Kier alpha value is -2.95. The van der Waals surface area contributed by atoms with Crippen molar-refractivity contribution < 1.29 is 14.3 Å². The molecule has 0 bridgehead atoms. The summed E-state index contributed by atoms with van der Waals surface area (Å²) in [5.41, 5.74) is 5.17. The molecule has 2 rings (SSSR count). The molecule has 0 spiro atoms. The van der Waals surface area contributed by atoms with Gasteiger partial charge in [0.25, 0.3) is 11.5 Å². The molecule has 0 unspecified atom stereocenters. The van der Waals surface area contributed by atoms with Crippen LogP contribution in [-0.4, -0.2) is 39.6 Å². The van der Waals surface area contributed by atoms with E-state index in [1.807, 2.05) is 20.8 Å². The Morgan fingerprint density at radius 3 is 2.63 bits per heavy atom. The van der Waals surface area contributed by atoms with Crippen LogP contribution in [0.3, 0.4) is 0 Å². The first-order valence-corrected chi connectivity index (χ1v) is 10.7. The van der Waals surface area contributed by atoms with Crippen molar-refractivity contribution in [1.82, 2.24) is 14.5 Å². The number of carbonyl (C=O) groups excluding carboxylic acids is 2. The highest BCUT2D eigenvalue weighted by Gasteiger charge is 2.24. The number of rotatable bonds is 10. The first-order chi connectivity index (χ1) is 14.3. The second kappa shape index (κ2) is 10.7. The van der Waals surface area contributed by atoms with Crippen molar-refractivity contribution in [3.8, 4) is 0 Å². The van der Waals surface area contributed by atoms with Crippen LogP contribution in [0.15, 0.2) is 15.0 Å². The maximum atomic E-state index is 12.8. The van der Waals surface area contributed by atoms with Gasteiger partial charge in [-0.25, -0.2) is 9.78 Å². The zero-order valence-corrected chi connectivity index (χ0v) is 18.2. The molecular formula is C19H27N5O5S. The summed E-state index contributed by atoms with van der Waals surface area (Å²) in [5.74, 6) is -1.27. The third-order valence-corrected chi connectivity index (χ3v) is 5.14. The molecule has 0 aromatic carbocycles. The van der Waals surface area contributed by atoms with Gasteiger partial charge in [-0.05, 0) is 19.8 Å². The van der Waals surface area contributed by atoms with Crippen LogP contribution in [0.4, 0.5) is 11.5 Å². The van der Waals surface area contributed by atoms with E-state index < -0.39 is 29.7 Å². The normalized spacial score (nSPS) is 10.8. The van der Waals surface area contributed by atoms with E-state index in [-0.39, 0.29) is 24.5 Å². The minimum atomic E-state index is -0.751. The molecule has 0 saturated carbocycles. The number of esters is 1. The number of hydrogen-bond acceptors (Lipinski definition) is 8. The molecule has 0 fully saturated rings. The fourth-order valence-electron chi connectivity index (χ4n) is 2.87. The van der Waals surface area contributed by atoms with E-state index in [0.29, 0.717) is 25.1 Å². The molecule has 164 valence electrons. The Balaban J connectivity index is 2.21. The molecule has 0 aliphatic carbocycles. The number of carbonyl (C=O) groups is 2. The van der Waals surface area contributed by atoms with Crippen molar-refractivity contribution >= 4 is 34.7 Å². The minimum Gasteiger partial charge on any atom is -0.455 e. The number of thiazole rings is 1. The van der Waals surface area contributed by atoms with Gasteiger partial charge in [0.15, 0.2) is 12.3 Å². The summed E-state index contributed by atoms with van der Waals surface area (Å²) in [6.45, 7) is 5.58. The van der Waals surface area contributed by atoms with Crippen molar-refractivity contribution in [3.63, 3.8) is 0 Å². The fourth-order valence-corrected chi connectivity index (χ4v) is 3.48. The zero-order valence-electron chi connectivity index (χ0n) is 17.4. The largest absolute Gasteiger partial charge is 0.455 e. The number of aryl methyl sites for hydroxylation is 1. The maximum Gasteiger partial charge on any atom is 0.330 e. The summed E-state index contributed by atoms with van der Waals surface area (Å²) in [6.07, 6.45) is 1.94. The number of hydrogen-bond donors (Lipinski definition) is 2. The molecule has 2 aromatic rings. The Morgan fingerprint density at radius 1 is 1.30 bits per heavy atom. The van der Waals surface area contributed by atoms with E-state index in [1.165, 1.54) is 20.8 Å². The number of H-pyrrole nitrogens is 1. The van der Waals surface area contributed by atoms with Crippen LogP contribution < -0.4 is 21.9 Å². The second-order valence-electron chi connectivity index (χ2n) is 6.74. The van der Waals surface area contributed by atoms with Gasteiger partial charge in [0.05, 0.1) is 17.1 Å². The van der Waals surface area contributed by atoms with Gasteiger partial charge in [-0.3, -0.25) is 23.9 Å². The van der Waals surface area contributed by atoms with Gasteiger partial charge in [0.1, 0.15) is 5.82 Å². The third kappa shape index (κ3) is 5.78. The molecule has 3 N–H and O–H groups in total. The number of aromatic amines is 1. The lowest BCUT2D eigenvalue weighted by Crippen LogP contribution is -2.43. The van der Waals surface area contributed by atoms with E-state index in [2.05, 4.69) is 9.97 Å². The summed E-state index contributed by atoms with van der Waals surface area (Å²) in [6, 6.07) is 0. The average molecular weight is 438 g/mol. The molecule has 11 heteroatoms. The third-order valence-electron chi connectivity index (χ3n) is 4.32. The lowest BCUT2D eigenvalue weighted by molar-refractivity contribution is -0.147. The first kappa shape index (κ1) is 23.3. The Morgan fingerprint density at radius 2 is 2.03 bits per heavy atom. The molecule has 0 saturated heterocycles. The molecular weight excluding hydrogens is 410 g/mol. The number of nitrogens with two attached hydrogens (primary N) is 1. The van der Waals surface area contributed by atoms with Crippen LogP contribution in [0.2, 0.25) is 0 Å². The summed E-state index contributed by atoms with van der Waals surface area (Å²) in [4.78, 5) is 56.9. The average Bonchev–Trinajstić information content (AvgIpc) is 3.10. The van der Waals surface area contributed by atoms with Crippen molar-refractivity contribution in [2.24, 2.45) is 0 Å². The van der Waals surface area contributed by atoms with Crippen LogP contribution in [0.5, 0.6) is 0 Å². The number of nitrogens with one attached hydrogen (secondary N) is 1. The van der Waals surface area contributed by atoms with Gasteiger partial charge in [-0.1, -0.05) is 20.3 Å². The molecule has 0 aliphatic rings. The predicted octanol–water partition coefficient (Wildman–Crippen LogP) is 1.21. The number of nitrogens with zero attached hydrogens (tertiary/aromatic N) is 3. The van der Waals surface area contributed by atoms with Gasteiger partial charge in [0.2, 0.25) is 0 Å². The van der Waals surface area contributed by atoms with Crippen molar-refractivity contribution in [2.75, 3.05) is 23.8 Å². The molecule has 0 atom stereocenters. The standard InChI is InChI=1S/C19H27N5O5S/c1-4-6-8-23(16-17(20)24(7-5-2)19(28)22-18(16)27)14(25)10-29-15(26)9-13-11-30-12(3)21-13/h11H,4-10,20H2,1-3H3,(H,22,27,28). The van der Waals surface area contributed by atoms with E-state index in [9.17, 15) is 19.2 Å². The quantitative estimate of drug-likeness (QED) is 0.532. The van der Waals surface area contributed by atoms with Crippen molar-refractivity contribution in [1.29, 1.82) is 0 Å². The number of ether oxygens (including phenoxy) is 1. The smallest absolute Gasteiger partial charge is 0.330 e. The van der Waals surface area contributed by atoms with E-state index in [0.717, 1.165) is 11.4 Å². The Kier molecular flexibility index (Phi) is 8.34. The molecule has 30 heavy (non-hydrogen) atoms. The summed E-state index contributed by atoms with van der Waals surface area (Å²) >= 11 is 1.42. The maximum absolute atomic E-state index is 12.8. The predicted molar refractivity (Wildman–Crippen MR) is 115 cm³/mol.